The number of aryl methyl sites for hydroxylation is 3. The number of carbonyl (C=O) groups excluding carboxylic acids is 1. The summed E-state index contributed by atoms with van der Waals surface area (Å²) in [5.41, 5.74) is 2.89. The number of Topliss-reactive ketones (excluding diaryl/α,β-unsaturated/α-hetero) is 1. The number of carbonyl (C=O) groups is 1. The van der Waals surface area contributed by atoms with Crippen molar-refractivity contribution in [2.75, 3.05) is 5.75 Å². The van der Waals surface area contributed by atoms with Crippen LogP contribution in [0.25, 0.3) is 5.69 Å². The molecule has 0 radical (unpaired) electrons. The number of hydrogen-bond donors (Lipinski definition) is 0. The van der Waals surface area contributed by atoms with E-state index in [-0.39, 0.29) is 5.78 Å². The molecule has 0 unspecified atom stereocenters. The van der Waals surface area contributed by atoms with E-state index in [2.05, 4.69) is 23.2 Å². The molecule has 0 bridgehead atoms. The van der Waals surface area contributed by atoms with Gasteiger partial charge in [0.05, 0.1) is 17.1 Å². The van der Waals surface area contributed by atoms with E-state index in [9.17, 15) is 4.79 Å². The molecule has 0 saturated heterocycles. The third-order valence-electron chi connectivity index (χ3n) is 3.71. The van der Waals surface area contributed by atoms with Gasteiger partial charge < -0.3 is 4.57 Å². The molecule has 0 aliphatic heterocycles. The Morgan fingerprint density at radius 3 is 2.61 bits per heavy atom. The molecule has 2 aromatic heterocycles. The fourth-order valence-corrected chi connectivity index (χ4v) is 3.35. The summed E-state index contributed by atoms with van der Waals surface area (Å²) in [6.07, 6.45) is 1.87. The summed E-state index contributed by atoms with van der Waals surface area (Å²) in [4.78, 5) is 12.3. The molecule has 0 spiro atoms. The molecule has 6 heteroatoms. The van der Waals surface area contributed by atoms with Crippen LogP contribution in [0, 0.1) is 13.8 Å². The molecule has 3 rings (SSSR count). The highest BCUT2D eigenvalue weighted by atomic mass is 32.2. The second-order valence-electron chi connectivity index (χ2n) is 5.37. The molecule has 5 nitrogen and oxygen atoms in total. The smallest absolute Gasteiger partial charge is 0.196 e. The van der Waals surface area contributed by atoms with Crippen LogP contribution in [0.1, 0.15) is 21.9 Å². The average Bonchev–Trinajstić information content (AvgIpc) is 3.12. The molecular formula is C17H18N4OS. The predicted molar refractivity (Wildman–Crippen MR) is 91.3 cm³/mol. The van der Waals surface area contributed by atoms with E-state index < -0.39 is 0 Å². The lowest BCUT2D eigenvalue weighted by molar-refractivity contribution is 0.101. The zero-order valence-electron chi connectivity index (χ0n) is 13.4. The fourth-order valence-electron chi connectivity index (χ4n) is 2.48. The van der Waals surface area contributed by atoms with Crippen molar-refractivity contribution in [3.8, 4) is 5.69 Å². The number of benzene rings is 1. The normalized spacial score (nSPS) is 10.9. The van der Waals surface area contributed by atoms with Crippen LogP contribution in [0.2, 0.25) is 0 Å². The van der Waals surface area contributed by atoms with E-state index in [0.717, 1.165) is 22.2 Å². The van der Waals surface area contributed by atoms with E-state index in [1.165, 1.54) is 11.8 Å². The Hall–Kier alpha value is -2.34. The Morgan fingerprint density at radius 1 is 1.13 bits per heavy atom. The Morgan fingerprint density at radius 2 is 1.91 bits per heavy atom. The van der Waals surface area contributed by atoms with Gasteiger partial charge in [0.25, 0.3) is 0 Å². The van der Waals surface area contributed by atoms with Crippen molar-refractivity contribution in [1.82, 2.24) is 19.3 Å². The lowest BCUT2D eigenvalue weighted by atomic mass is 10.2. The van der Waals surface area contributed by atoms with Gasteiger partial charge in [-0.15, -0.1) is 10.2 Å². The minimum absolute atomic E-state index is 0.0829. The Balaban J connectivity index is 1.84. The Labute approximate surface area is 139 Å². The number of aromatic nitrogens is 4. The number of para-hydroxylation sites is 1. The molecule has 0 aliphatic carbocycles. The minimum atomic E-state index is 0.0829. The van der Waals surface area contributed by atoms with Crippen LogP contribution in [0.15, 0.2) is 47.8 Å². The fraction of sp³-hybridized carbons (Fsp3) is 0.235. The second kappa shape index (κ2) is 6.42. The topological polar surface area (TPSA) is 52.7 Å². The Bertz CT molecular complexity index is 850. The number of ketones is 1. The van der Waals surface area contributed by atoms with Crippen LogP contribution in [-0.4, -0.2) is 30.9 Å². The van der Waals surface area contributed by atoms with Gasteiger partial charge in [-0.3, -0.25) is 9.36 Å². The summed E-state index contributed by atoms with van der Waals surface area (Å²) in [5.74, 6) is 1.23. The van der Waals surface area contributed by atoms with Crippen molar-refractivity contribution in [2.45, 2.75) is 19.0 Å². The summed E-state index contributed by atoms with van der Waals surface area (Å²) in [5, 5.41) is 9.13. The van der Waals surface area contributed by atoms with Crippen molar-refractivity contribution in [2.24, 2.45) is 7.05 Å². The van der Waals surface area contributed by atoms with Gasteiger partial charge >= 0.3 is 0 Å². The number of nitrogens with zero attached hydrogens (tertiary/aromatic N) is 4. The van der Waals surface area contributed by atoms with Gasteiger partial charge in [-0.2, -0.15) is 0 Å². The van der Waals surface area contributed by atoms with Crippen LogP contribution in [-0.2, 0) is 7.05 Å². The van der Waals surface area contributed by atoms with Crippen LogP contribution in [0.3, 0.4) is 0 Å². The standard InChI is InChI=1S/C17H18N4OS/c1-12-7-4-5-8-14(12)21-13(2)18-19-17(21)23-11-16(22)15-9-6-10-20(15)3/h4-10H,11H2,1-3H3. The molecular weight excluding hydrogens is 308 g/mol. The van der Waals surface area contributed by atoms with Crippen molar-refractivity contribution in [3.63, 3.8) is 0 Å². The van der Waals surface area contributed by atoms with Gasteiger partial charge in [0.2, 0.25) is 0 Å². The van der Waals surface area contributed by atoms with Crippen LogP contribution in [0.5, 0.6) is 0 Å². The maximum absolute atomic E-state index is 12.3. The Kier molecular flexibility index (Phi) is 4.34. The highest BCUT2D eigenvalue weighted by Gasteiger charge is 2.16. The van der Waals surface area contributed by atoms with E-state index >= 15 is 0 Å². The summed E-state index contributed by atoms with van der Waals surface area (Å²) in [6.45, 7) is 3.97. The summed E-state index contributed by atoms with van der Waals surface area (Å²) >= 11 is 1.41. The van der Waals surface area contributed by atoms with Crippen molar-refractivity contribution in [3.05, 3.63) is 59.7 Å². The largest absolute Gasteiger partial charge is 0.348 e. The molecule has 0 saturated carbocycles. The van der Waals surface area contributed by atoms with Gasteiger partial charge in [-0.25, -0.2) is 0 Å². The van der Waals surface area contributed by atoms with Crippen molar-refractivity contribution >= 4 is 17.5 Å². The first kappa shape index (κ1) is 15.6. The predicted octanol–water partition coefficient (Wildman–Crippen LogP) is 3.20. The van der Waals surface area contributed by atoms with Crippen LogP contribution < -0.4 is 0 Å². The molecule has 118 valence electrons. The summed E-state index contributed by atoms with van der Waals surface area (Å²) in [7, 11) is 1.87. The molecule has 0 fully saturated rings. The van der Waals surface area contributed by atoms with E-state index in [1.54, 1.807) is 0 Å². The van der Waals surface area contributed by atoms with Crippen LogP contribution in [0.4, 0.5) is 0 Å². The van der Waals surface area contributed by atoms with E-state index in [0.29, 0.717) is 11.4 Å². The summed E-state index contributed by atoms with van der Waals surface area (Å²) < 4.78 is 3.83. The van der Waals surface area contributed by atoms with Crippen molar-refractivity contribution < 1.29 is 4.79 Å². The van der Waals surface area contributed by atoms with E-state index in [4.69, 9.17) is 0 Å². The lowest BCUT2D eigenvalue weighted by Crippen LogP contribution is -2.09. The van der Waals surface area contributed by atoms with Crippen LogP contribution >= 0.6 is 11.8 Å². The van der Waals surface area contributed by atoms with Gasteiger partial charge in [0.1, 0.15) is 5.82 Å². The molecule has 0 atom stereocenters. The number of hydrogen-bond acceptors (Lipinski definition) is 4. The second-order valence-corrected chi connectivity index (χ2v) is 6.31. The zero-order chi connectivity index (χ0) is 16.4. The van der Waals surface area contributed by atoms with Crippen molar-refractivity contribution in [1.29, 1.82) is 0 Å². The molecule has 0 aliphatic rings. The molecule has 0 amide bonds. The highest BCUT2D eigenvalue weighted by molar-refractivity contribution is 7.99. The van der Waals surface area contributed by atoms with Gasteiger partial charge in [-0.05, 0) is 37.6 Å². The first-order chi connectivity index (χ1) is 11.1. The van der Waals surface area contributed by atoms with Gasteiger partial charge in [0.15, 0.2) is 10.9 Å². The average molecular weight is 326 g/mol. The van der Waals surface area contributed by atoms with E-state index in [1.807, 2.05) is 59.6 Å². The van der Waals surface area contributed by atoms with Gasteiger partial charge in [0, 0.05) is 13.2 Å². The first-order valence-electron chi connectivity index (χ1n) is 7.33. The minimum Gasteiger partial charge on any atom is -0.348 e. The molecule has 1 aromatic carbocycles. The van der Waals surface area contributed by atoms with Gasteiger partial charge in [-0.1, -0.05) is 30.0 Å². The zero-order valence-corrected chi connectivity index (χ0v) is 14.2. The first-order valence-corrected chi connectivity index (χ1v) is 8.32. The quantitative estimate of drug-likeness (QED) is 0.534. The number of thioether (sulfide) groups is 1. The third kappa shape index (κ3) is 3.07. The highest BCUT2D eigenvalue weighted by Crippen LogP contribution is 2.24. The molecule has 23 heavy (non-hydrogen) atoms. The lowest BCUT2D eigenvalue weighted by Gasteiger charge is -2.11. The third-order valence-corrected chi connectivity index (χ3v) is 4.64. The maximum atomic E-state index is 12.3. The number of rotatable bonds is 5. The monoisotopic (exact) mass is 326 g/mol. The molecule has 2 heterocycles. The molecule has 3 aromatic rings. The SMILES string of the molecule is Cc1ccccc1-n1c(C)nnc1SCC(=O)c1cccn1C. The maximum Gasteiger partial charge on any atom is 0.196 e. The molecule has 0 N–H and O–H groups in total. The summed E-state index contributed by atoms with van der Waals surface area (Å²) in [6, 6.07) is 11.8.